The van der Waals surface area contributed by atoms with Crippen molar-refractivity contribution < 1.29 is 24.6 Å². The monoisotopic (exact) mass is 243 g/mol. The normalized spacial score (nSPS) is 11.8. The summed E-state index contributed by atoms with van der Waals surface area (Å²) in [5, 5.41) is 31.5. The van der Waals surface area contributed by atoms with Gasteiger partial charge in [0.05, 0.1) is 12.8 Å². The Bertz CT molecular complexity index is 416. The third-order valence-electron chi connectivity index (χ3n) is 1.72. The summed E-state index contributed by atoms with van der Waals surface area (Å²) < 4.78 is 0. The number of nitrogens with zero attached hydrogens (tertiary/aromatic N) is 3. The summed E-state index contributed by atoms with van der Waals surface area (Å²) in [7, 11) is 0. The molecule has 0 saturated heterocycles. The van der Waals surface area contributed by atoms with Crippen LogP contribution in [0.3, 0.4) is 0 Å². The van der Waals surface area contributed by atoms with Crippen LogP contribution in [0.2, 0.25) is 0 Å². The standard InChI is InChI=1S/C7H9N5O5/c13-5(2-4-9-11-12-10-4)8-3(7(16)17)1-6(14)15/h3H,1-2H2,(H,8,13)(H,14,15)(H,16,17)(H,9,10,11,12). The van der Waals surface area contributed by atoms with Gasteiger partial charge in [-0.1, -0.05) is 5.21 Å². The maximum Gasteiger partial charge on any atom is 0.326 e. The Hall–Kier alpha value is -2.52. The molecule has 0 fully saturated rings. The lowest BCUT2D eigenvalue weighted by Crippen LogP contribution is -2.43. The first-order valence-electron chi connectivity index (χ1n) is 4.45. The highest BCUT2D eigenvalue weighted by Crippen LogP contribution is 1.94. The molecule has 1 heterocycles. The molecule has 1 aromatic heterocycles. The molecule has 17 heavy (non-hydrogen) atoms. The summed E-state index contributed by atoms with van der Waals surface area (Å²) in [6.45, 7) is 0. The molecule has 0 aliphatic heterocycles. The van der Waals surface area contributed by atoms with Crippen LogP contribution < -0.4 is 5.32 Å². The molecule has 0 aliphatic carbocycles. The Labute approximate surface area is 94.0 Å². The third kappa shape index (κ3) is 4.24. The number of aromatic amines is 1. The highest BCUT2D eigenvalue weighted by atomic mass is 16.4. The van der Waals surface area contributed by atoms with E-state index in [0.717, 1.165) is 0 Å². The number of H-pyrrole nitrogens is 1. The van der Waals surface area contributed by atoms with Gasteiger partial charge in [0, 0.05) is 0 Å². The molecule has 1 aromatic rings. The SMILES string of the molecule is O=C(O)CC(NC(=O)Cc1nn[nH]n1)C(=O)O. The van der Waals surface area contributed by atoms with Gasteiger partial charge in [-0.2, -0.15) is 5.21 Å². The molecule has 1 rings (SSSR count). The van der Waals surface area contributed by atoms with Crippen molar-refractivity contribution in [3.63, 3.8) is 0 Å². The van der Waals surface area contributed by atoms with Gasteiger partial charge in [0.15, 0.2) is 5.82 Å². The number of tetrazole rings is 1. The average Bonchev–Trinajstić information content (AvgIpc) is 2.68. The molecule has 1 amide bonds. The summed E-state index contributed by atoms with van der Waals surface area (Å²) in [4.78, 5) is 32.3. The molecule has 1 unspecified atom stereocenters. The number of aliphatic carboxylic acids is 2. The van der Waals surface area contributed by atoms with Crippen molar-refractivity contribution in [3.05, 3.63) is 5.82 Å². The number of carbonyl (C=O) groups excluding carboxylic acids is 1. The van der Waals surface area contributed by atoms with Gasteiger partial charge in [-0.15, -0.1) is 10.2 Å². The summed E-state index contributed by atoms with van der Waals surface area (Å²) in [5.41, 5.74) is 0. The smallest absolute Gasteiger partial charge is 0.326 e. The number of carbonyl (C=O) groups is 3. The third-order valence-corrected chi connectivity index (χ3v) is 1.72. The minimum Gasteiger partial charge on any atom is -0.481 e. The zero-order valence-electron chi connectivity index (χ0n) is 8.45. The summed E-state index contributed by atoms with van der Waals surface area (Å²) in [6.07, 6.45) is -0.979. The van der Waals surface area contributed by atoms with Crippen LogP contribution in [0.4, 0.5) is 0 Å². The first-order valence-corrected chi connectivity index (χ1v) is 4.45. The second-order valence-electron chi connectivity index (χ2n) is 3.06. The number of carboxylic acid groups (broad SMARTS) is 2. The summed E-state index contributed by atoms with van der Waals surface area (Å²) in [6, 6.07) is -1.48. The largest absolute Gasteiger partial charge is 0.481 e. The first kappa shape index (κ1) is 12.5. The van der Waals surface area contributed by atoms with E-state index in [9.17, 15) is 14.4 Å². The van der Waals surface area contributed by atoms with Crippen LogP contribution in [0.25, 0.3) is 0 Å². The number of hydrogen-bond donors (Lipinski definition) is 4. The molecule has 10 nitrogen and oxygen atoms in total. The maximum atomic E-state index is 11.3. The molecular formula is C7H9N5O5. The second-order valence-corrected chi connectivity index (χ2v) is 3.06. The predicted octanol–water partition coefficient (Wildman–Crippen LogP) is -2.21. The zero-order valence-corrected chi connectivity index (χ0v) is 8.45. The number of rotatable bonds is 6. The molecule has 0 aliphatic rings. The molecule has 0 aromatic carbocycles. The topological polar surface area (TPSA) is 158 Å². The Kier molecular flexibility index (Phi) is 4.08. The predicted molar refractivity (Wildman–Crippen MR) is 49.7 cm³/mol. The molecule has 92 valence electrons. The van der Waals surface area contributed by atoms with Crippen molar-refractivity contribution >= 4 is 17.8 Å². The van der Waals surface area contributed by atoms with E-state index in [2.05, 4.69) is 20.6 Å². The number of carboxylic acids is 2. The number of hydrogen-bond acceptors (Lipinski definition) is 6. The van der Waals surface area contributed by atoms with E-state index in [0.29, 0.717) is 0 Å². The van der Waals surface area contributed by atoms with Gasteiger partial charge in [0.25, 0.3) is 0 Å². The van der Waals surface area contributed by atoms with Gasteiger partial charge in [0.2, 0.25) is 5.91 Å². The van der Waals surface area contributed by atoms with E-state index in [1.807, 2.05) is 5.32 Å². The summed E-state index contributed by atoms with van der Waals surface area (Å²) in [5.74, 6) is -3.35. The molecule has 10 heteroatoms. The number of amides is 1. The van der Waals surface area contributed by atoms with Gasteiger partial charge >= 0.3 is 11.9 Å². The zero-order chi connectivity index (χ0) is 12.8. The van der Waals surface area contributed by atoms with Crippen LogP contribution in [0.1, 0.15) is 12.2 Å². The molecule has 0 bridgehead atoms. The van der Waals surface area contributed by atoms with Crippen LogP contribution >= 0.6 is 0 Å². The maximum absolute atomic E-state index is 11.3. The van der Waals surface area contributed by atoms with Crippen molar-refractivity contribution in [2.24, 2.45) is 0 Å². The van der Waals surface area contributed by atoms with E-state index in [-0.39, 0.29) is 12.2 Å². The first-order chi connectivity index (χ1) is 7.99. The van der Waals surface area contributed by atoms with Gasteiger partial charge in [-0.25, -0.2) is 4.79 Å². The molecule has 0 radical (unpaired) electrons. The van der Waals surface area contributed by atoms with Crippen molar-refractivity contribution in [2.75, 3.05) is 0 Å². The van der Waals surface area contributed by atoms with Crippen LogP contribution in [0.15, 0.2) is 0 Å². The average molecular weight is 243 g/mol. The van der Waals surface area contributed by atoms with Crippen molar-refractivity contribution in [1.29, 1.82) is 0 Å². The molecular weight excluding hydrogens is 234 g/mol. The molecule has 0 spiro atoms. The Balaban J connectivity index is 2.52. The van der Waals surface area contributed by atoms with Gasteiger partial charge in [-0.3, -0.25) is 9.59 Å². The highest BCUT2D eigenvalue weighted by Gasteiger charge is 2.23. The Morgan fingerprint density at radius 2 is 2.06 bits per heavy atom. The number of nitrogens with one attached hydrogen (secondary N) is 2. The van der Waals surface area contributed by atoms with E-state index < -0.39 is 30.3 Å². The fraction of sp³-hybridized carbons (Fsp3) is 0.429. The van der Waals surface area contributed by atoms with Gasteiger partial charge in [0.1, 0.15) is 6.04 Å². The Morgan fingerprint density at radius 1 is 1.35 bits per heavy atom. The molecule has 0 saturated carbocycles. The minimum absolute atomic E-state index is 0.0852. The van der Waals surface area contributed by atoms with Crippen molar-refractivity contribution in [2.45, 2.75) is 18.9 Å². The van der Waals surface area contributed by atoms with Crippen molar-refractivity contribution in [1.82, 2.24) is 25.9 Å². The van der Waals surface area contributed by atoms with Crippen LogP contribution in [0, 0.1) is 0 Å². The van der Waals surface area contributed by atoms with E-state index in [1.54, 1.807) is 0 Å². The molecule has 1 atom stereocenters. The van der Waals surface area contributed by atoms with Crippen LogP contribution in [-0.2, 0) is 20.8 Å². The van der Waals surface area contributed by atoms with Crippen molar-refractivity contribution in [3.8, 4) is 0 Å². The quantitative estimate of drug-likeness (QED) is 0.437. The van der Waals surface area contributed by atoms with E-state index in [4.69, 9.17) is 10.2 Å². The second kappa shape index (κ2) is 5.53. The van der Waals surface area contributed by atoms with E-state index in [1.165, 1.54) is 0 Å². The fourth-order valence-electron chi connectivity index (χ4n) is 1.02. The summed E-state index contributed by atoms with van der Waals surface area (Å²) >= 11 is 0. The lowest BCUT2D eigenvalue weighted by atomic mass is 10.2. The fourth-order valence-corrected chi connectivity index (χ4v) is 1.02. The lowest BCUT2D eigenvalue weighted by molar-refractivity contribution is -0.147. The van der Waals surface area contributed by atoms with Gasteiger partial charge < -0.3 is 15.5 Å². The van der Waals surface area contributed by atoms with E-state index >= 15 is 0 Å². The highest BCUT2D eigenvalue weighted by molar-refractivity contribution is 5.87. The molecule has 4 N–H and O–H groups in total. The lowest BCUT2D eigenvalue weighted by Gasteiger charge is -2.11. The Morgan fingerprint density at radius 3 is 2.53 bits per heavy atom. The minimum atomic E-state index is -1.48. The van der Waals surface area contributed by atoms with Crippen LogP contribution in [-0.4, -0.2) is 54.7 Å². The van der Waals surface area contributed by atoms with Crippen LogP contribution in [0.5, 0.6) is 0 Å². The van der Waals surface area contributed by atoms with Gasteiger partial charge in [-0.05, 0) is 0 Å². The number of aromatic nitrogens is 4.